The second-order valence-corrected chi connectivity index (χ2v) is 9.14. The second kappa shape index (κ2) is 4.87. The molecule has 0 aromatic rings. The summed E-state index contributed by atoms with van der Waals surface area (Å²) < 4.78 is 0. The van der Waals surface area contributed by atoms with Gasteiger partial charge in [-0.05, 0) is 80.1 Å². The largest absolute Gasteiger partial charge is 0.362 e. The molecule has 2 unspecified atom stereocenters. The van der Waals surface area contributed by atoms with Gasteiger partial charge in [0, 0.05) is 11.3 Å². The fourth-order valence-electron chi connectivity index (χ4n) is 7.22. The third-order valence-electron chi connectivity index (χ3n) is 8.67. The van der Waals surface area contributed by atoms with Gasteiger partial charge in [0.2, 0.25) is 0 Å². The van der Waals surface area contributed by atoms with E-state index in [4.69, 9.17) is 6.42 Å². The highest BCUT2D eigenvalue weighted by Crippen LogP contribution is 2.67. The minimum Gasteiger partial charge on any atom is -0.362 e. The Morgan fingerprint density at radius 1 is 1.04 bits per heavy atom. The first kappa shape index (κ1) is 15.7. The molecule has 0 spiro atoms. The van der Waals surface area contributed by atoms with Crippen molar-refractivity contribution < 1.29 is 10.2 Å². The summed E-state index contributed by atoms with van der Waals surface area (Å²) in [6.45, 7) is 4.56. The summed E-state index contributed by atoms with van der Waals surface area (Å²) >= 11 is 0. The van der Waals surface area contributed by atoms with E-state index in [0.29, 0.717) is 29.6 Å². The van der Waals surface area contributed by atoms with Crippen LogP contribution in [0.25, 0.3) is 0 Å². The summed E-state index contributed by atoms with van der Waals surface area (Å²) in [6.07, 6.45) is 17.5. The quantitative estimate of drug-likeness (QED) is 0.406. The molecule has 0 heterocycles. The van der Waals surface area contributed by atoms with Gasteiger partial charge >= 0.3 is 0 Å². The van der Waals surface area contributed by atoms with E-state index in [1.54, 1.807) is 6.08 Å². The molecule has 7 atom stereocenters. The number of aliphatic hydroxyl groups is 2. The van der Waals surface area contributed by atoms with Gasteiger partial charge in [0.15, 0.2) is 5.79 Å². The number of fused-ring (bicyclic) bond motifs is 5. The van der Waals surface area contributed by atoms with Gasteiger partial charge in [0.25, 0.3) is 0 Å². The second-order valence-electron chi connectivity index (χ2n) is 9.14. The molecule has 3 fully saturated rings. The van der Waals surface area contributed by atoms with Gasteiger partial charge in [-0.1, -0.05) is 19.9 Å². The van der Waals surface area contributed by atoms with Crippen LogP contribution in [0.5, 0.6) is 0 Å². The van der Waals surface area contributed by atoms with Crippen LogP contribution in [-0.2, 0) is 0 Å². The number of allylic oxidation sites excluding steroid dienone is 1. The predicted octanol–water partition coefficient (Wildman–Crippen LogP) is 3.74. The molecule has 0 aromatic carbocycles. The number of terminal acetylenes is 1. The van der Waals surface area contributed by atoms with Crippen LogP contribution in [-0.4, -0.2) is 16.0 Å². The van der Waals surface area contributed by atoms with Crippen LogP contribution in [0.2, 0.25) is 0 Å². The Hall–Kier alpha value is -0.780. The van der Waals surface area contributed by atoms with Crippen molar-refractivity contribution in [2.24, 2.45) is 40.4 Å². The van der Waals surface area contributed by atoms with Gasteiger partial charge < -0.3 is 10.2 Å². The molecule has 0 aliphatic heterocycles. The van der Waals surface area contributed by atoms with Gasteiger partial charge in [-0.15, -0.1) is 12.3 Å². The minimum atomic E-state index is -1.66. The predicted molar refractivity (Wildman–Crippen MR) is 91.1 cm³/mol. The lowest BCUT2D eigenvalue weighted by Crippen LogP contribution is -2.62. The lowest BCUT2D eigenvalue weighted by atomic mass is 9.44. The number of hydrogen-bond acceptors (Lipinski definition) is 2. The zero-order valence-electron chi connectivity index (χ0n) is 14.5. The smallest absolute Gasteiger partial charge is 0.188 e. The van der Waals surface area contributed by atoms with Crippen LogP contribution in [0, 0.1) is 52.8 Å². The lowest BCUT2D eigenvalue weighted by Gasteiger charge is -2.62. The van der Waals surface area contributed by atoms with Crippen LogP contribution >= 0.6 is 0 Å². The van der Waals surface area contributed by atoms with Crippen molar-refractivity contribution in [3.63, 3.8) is 0 Å². The van der Waals surface area contributed by atoms with Crippen LogP contribution in [0.3, 0.4) is 0 Å². The van der Waals surface area contributed by atoms with Crippen LogP contribution < -0.4 is 0 Å². The maximum Gasteiger partial charge on any atom is 0.188 e. The number of hydrogen-bond donors (Lipinski definition) is 2. The minimum absolute atomic E-state index is 0.275. The average molecular weight is 314 g/mol. The summed E-state index contributed by atoms with van der Waals surface area (Å²) in [6, 6.07) is 0. The van der Waals surface area contributed by atoms with Crippen molar-refractivity contribution in [2.75, 3.05) is 0 Å². The maximum absolute atomic E-state index is 10.8. The topological polar surface area (TPSA) is 40.5 Å². The van der Waals surface area contributed by atoms with Crippen molar-refractivity contribution in [1.29, 1.82) is 0 Å². The van der Waals surface area contributed by atoms with Gasteiger partial charge in [-0.25, -0.2) is 0 Å². The molecule has 0 bridgehead atoms. The van der Waals surface area contributed by atoms with Crippen LogP contribution in [0.1, 0.15) is 58.8 Å². The fourth-order valence-corrected chi connectivity index (χ4v) is 7.22. The third-order valence-corrected chi connectivity index (χ3v) is 8.67. The third kappa shape index (κ3) is 1.84. The Labute approximate surface area is 140 Å². The molecule has 2 N–H and O–H groups in total. The van der Waals surface area contributed by atoms with E-state index in [1.807, 2.05) is 6.08 Å². The first-order chi connectivity index (χ1) is 10.8. The average Bonchev–Trinajstić information content (AvgIpc) is 2.85. The Morgan fingerprint density at radius 3 is 2.57 bits per heavy atom. The van der Waals surface area contributed by atoms with Crippen LogP contribution in [0.15, 0.2) is 12.2 Å². The van der Waals surface area contributed by atoms with Crippen molar-refractivity contribution >= 4 is 0 Å². The molecule has 126 valence electrons. The Kier molecular flexibility index (Phi) is 3.33. The lowest BCUT2D eigenvalue weighted by molar-refractivity contribution is -0.272. The molecular formula is C21H30O2. The standard InChI is InChI=1S/C21H30O2/c1-4-14-8-10-17-16-9-7-15-6-5-12-21(22,23)20(15,3)18(16)11-13-19(14,17)2/h1,5,12,14-18,22-23H,6-11,13H2,2-3H3/t14?,15?,16-,17-,18-,19+,20-/m0/s1. The fraction of sp³-hybridized carbons (Fsp3) is 0.810. The van der Waals surface area contributed by atoms with Crippen molar-refractivity contribution in [3.8, 4) is 12.3 Å². The monoisotopic (exact) mass is 314 g/mol. The van der Waals surface area contributed by atoms with Gasteiger partial charge in [-0.2, -0.15) is 0 Å². The number of rotatable bonds is 0. The molecule has 2 nitrogen and oxygen atoms in total. The Morgan fingerprint density at radius 2 is 1.83 bits per heavy atom. The molecule has 0 saturated heterocycles. The summed E-state index contributed by atoms with van der Waals surface area (Å²) in [5.41, 5.74) is -0.128. The van der Waals surface area contributed by atoms with Crippen molar-refractivity contribution in [1.82, 2.24) is 0 Å². The van der Waals surface area contributed by atoms with Crippen LogP contribution in [0.4, 0.5) is 0 Å². The normalized spacial score (nSPS) is 53.8. The van der Waals surface area contributed by atoms with Gasteiger partial charge in [0.1, 0.15) is 0 Å². The first-order valence-electron chi connectivity index (χ1n) is 9.43. The molecular weight excluding hydrogens is 284 g/mol. The Balaban J connectivity index is 1.72. The molecule has 2 heteroatoms. The van der Waals surface area contributed by atoms with E-state index in [2.05, 4.69) is 19.8 Å². The Bertz CT molecular complexity index is 571. The molecule has 4 aliphatic carbocycles. The highest BCUT2D eigenvalue weighted by atomic mass is 16.5. The maximum atomic E-state index is 10.8. The van der Waals surface area contributed by atoms with Gasteiger partial charge in [-0.3, -0.25) is 0 Å². The molecule has 4 rings (SSSR count). The molecule has 23 heavy (non-hydrogen) atoms. The van der Waals surface area contributed by atoms with E-state index in [1.165, 1.54) is 12.8 Å². The summed E-state index contributed by atoms with van der Waals surface area (Å²) in [4.78, 5) is 0. The van der Waals surface area contributed by atoms with E-state index in [9.17, 15) is 10.2 Å². The SMILES string of the molecule is C#CC1CC[C@H]2[C@@H]3CCC4CC=CC(O)(O)[C@]4(C)[C@H]3CC[C@]12C. The van der Waals surface area contributed by atoms with Gasteiger partial charge in [0.05, 0.1) is 0 Å². The molecule has 0 aromatic heterocycles. The van der Waals surface area contributed by atoms with Crippen molar-refractivity contribution in [2.45, 2.75) is 64.6 Å². The zero-order valence-corrected chi connectivity index (χ0v) is 14.5. The van der Waals surface area contributed by atoms with E-state index in [0.717, 1.165) is 32.1 Å². The van der Waals surface area contributed by atoms with E-state index < -0.39 is 11.2 Å². The first-order valence-corrected chi connectivity index (χ1v) is 9.43. The highest BCUT2D eigenvalue weighted by Gasteiger charge is 2.64. The molecule has 0 amide bonds. The van der Waals surface area contributed by atoms with E-state index >= 15 is 0 Å². The van der Waals surface area contributed by atoms with E-state index in [-0.39, 0.29) is 5.41 Å². The summed E-state index contributed by atoms with van der Waals surface area (Å²) in [5, 5.41) is 21.6. The highest BCUT2D eigenvalue weighted by molar-refractivity contribution is 5.20. The van der Waals surface area contributed by atoms with Crippen molar-refractivity contribution in [3.05, 3.63) is 12.2 Å². The summed E-state index contributed by atoms with van der Waals surface area (Å²) in [5.74, 6) is 3.92. The molecule has 0 radical (unpaired) electrons. The molecule has 3 saturated carbocycles. The zero-order chi connectivity index (χ0) is 16.5. The summed E-state index contributed by atoms with van der Waals surface area (Å²) in [7, 11) is 0. The molecule has 4 aliphatic rings.